The smallest absolute Gasteiger partial charge is 0.302 e. The maximum absolute atomic E-state index is 12.7. The Hall–Kier alpha value is -5.02. The van der Waals surface area contributed by atoms with E-state index in [1.165, 1.54) is 32.7 Å². The van der Waals surface area contributed by atoms with Gasteiger partial charge in [0.05, 0.1) is 5.69 Å². The van der Waals surface area contributed by atoms with E-state index in [0.29, 0.717) is 5.69 Å². The topological polar surface area (TPSA) is 34.9 Å². The minimum Gasteiger partial charge on any atom is -0.302 e. The van der Waals surface area contributed by atoms with Crippen LogP contribution < -0.4 is 5.69 Å². The van der Waals surface area contributed by atoms with Gasteiger partial charge in [0, 0.05) is 29.9 Å². The second-order valence-electron chi connectivity index (χ2n) is 9.67. The molecule has 6 aromatic carbocycles. The summed E-state index contributed by atoms with van der Waals surface area (Å²) in [6.07, 6.45) is 1.93. The van der Waals surface area contributed by atoms with Crippen molar-refractivity contribution in [2.75, 3.05) is 0 Å². The summed E-state index contributed by atoms with van der Waals surface area (Å²) in [4.78, 5) is 17.3. The summed E-state index contributed by atoms with van der Waals surface area (Å²) < 4.78 is 1.57. The molecule has 180 valence electrons. The van der Waals surface area contributed by atoms with Crippen molar-refractivity contribution in [3.8, 4) is 33.5 Å². The minimum atomic E-state index is -0.269. The molecule has 0 aliphatic heterocycles. The minimum absolute atomic E-state index is 0.269. The summed E-state index contributed by atoms with van der Waals surface area (Å²) in [7, 11) is 1.77. The van der Waals surface area contributed by atoms with Crippen molar-refractivity contribution < 1.29 is 0 Å². The Bertz CT molecular complexity index is 2000. The monoisotopic (exact) mass is 488 g/mol. The number of hydrogen-bond donors (Lipinski definition) is 0. The van der Waals surface area contributed by atoms with Crippen LogP contribution in [-0.2, 0) is 7.05 Å². The zero-order valence-corrected chi connectivity index (χ0v) is 20.9. The lowest BCUT2D eigenvalue weighted by atomic mass is 9.85. The molecule has 0 aliphatic rings. The molecular weight excluding hydrogens is 464 g/mol. The van der Waals surface area contributed by atoms with E-state index in [2.05, 4.69) is 96.0 Å². The van der Waals surface area contributed by atoms with Crippen LogP contribution >= 0.6 is 0 Å². The molecule has 0 unspecified atom stereocenters. The van der Waals surface area contributed by atoms with Crippen molar-refractivity contribution >= 4 is 32.3 Å². The summed E-state index contributed by atoms with van der Waals surface area (Å²) in [6.45, 7) is 0. The lowest BCUT2D eigenvalue weighted by Crippen LogP contribution is -2.20. The zero-order valence-electron chi connectivity index (χ0n) is 20.9. The van der Waals surface area contributed by atoms with Gasteiger partial charge in [-0.3, -0.25) is 0 Å². The first-order valence-corrected chi connectivity index (χ1v) is 12.7. The fourth-order valence-corrected chi connectivity index (χ4v) is 5.62. The summed E-state index contributed by atoms with van der Waals surface area (Å²) >= 11 is 0. The van der Waals surface area contributed by atoms with Gasteiger partial charge in [-0.1, -0.05) is 115 Å². The van der Waals surface area contributed by atoms with E-state index in [1.807, 2.05) is 36.5 Å². The Morgan fingerprint density at radius 1 is 0.553 bits per heavy atom. The van der Waals surface area contributed by atoms with Gasteiger partial charge in [-0.15, -0.1) is 0 Å². The molecule has 0 fully saturated rings. The highest BCUT2D eigenvalue weighted by molar-refractivity contribution is 6.22. The van der Waals surface area contributed by atoms with Crippen LogP contribution in [0.25, 0.3) is 65.8 Å². The molecule has 1 heterocycles. The molecule has 3 nitrogen and oxygen atoms in total. The number of benzene rings is 6. The van der Waals surface area contributed by atoms with Crippen LogP contribution in [0.15, 0.2) is 132 Å². The quantitative estimate of drug-likeness (QED) is 0.235. The molecule has 0 N–H and O–H groups in total. The zero-order chi connectivity index (χ0) is 25.6. The van der Waals surface area contributed by atoms with Crippen molar-refractivity contribution in [3.63, 3.8) is 0 Å². The van der Waals surface area contributed by atoms with Gasteiger partial charge >= 0.3 is 5.69 Å². The van der Waals surface area contributed by atoms with Gasteiger partial charge in [0.15, 0.2) is 0 Å². The Kier molecular flexibility index (Phi) is 5.15. The van der Waals surface area contributed by atoms with Gasteiger partial charge in [-0.2, -0.15) is 4.98 Å². The number of aromatic nitrogens is 2. The molecule has 0 spiro atoms. The predicted molar refractivity (Wildman–Crippen MR) is 158 cm³/mol. The molecule has 0 radical (unpaired) electrons. The second kappa shape index (κ2) is 8.82. The lowest BCUT2D eigenvalue weighted by Gasteiger charge is -2.19. The first-order valence-electron chi connectivity index (χ1n) is 12.7. The van der Waals surface area contributed by atoms with Crippen LogP contribution in [0.4, 0.5) is 0 Å². The summed E-state index contributed by atoms with van der Waals surface area (Å²) in [5.41, 5.74) is 5.77. The molecule has 0 saturated heterocycles. The van der Waals surface area contributed by atoms with Gasteiger partial charge in [-0.25, -0.2) is 4.79 Å². The Morgan fingerprint density at radius 3 is 1.76 bits per heavy atom. The third-order valence-electron chi connectivity index (χ3n) is 7.37. The maximum atomic E-state index is 12.7. The van der Waals surface area contributed by atoms with Crippen LogP contribution in [-0.4, -0.2) is 9.55 Å². The van der Waals surface area contributed by atoms with Crippen LogP contribution in [0, 0.1) is 0 Å². The molecule has 0 amide bonds. The molecule has 1 aromatic heterocycles. The second-order valence-corrected chi connectivity index (χ2v) is 9.67. The van der Waals surface area contributed by atoms with Gasteiger partial charge in [0.1, 0.15) is 0 Å². The van der Waals surface area contributed by atoms with E-state index in [4.69, 9.17) is 0 Å². The molecule has 0 saturated carbocycles. The third kappa shape index (κ3) is 3.52. The SMILES string of the molecule is Cn1cc(-c2c3ccccc3c(-c3ccc4ccccc4c3)c3ccccc23)c(-c2ccccc2)nc1=O. The van der Waals surface area contributed by atoms with Crippen LogP contribution in [0.1, 0.15) is 0 Å². The summed E-state index contributed by atoms with van der Waals surface area (Å²) in [6, 6.07) is 42.3. The van der Waals surface area contributed by atoms with Crippen LogP contribution in [0.2, 0.25) is 0 Å². The van der Waals surface area contributed by atoms with Crippen molar-refractivity contribution in [1.29, 1.82) is 0 Å². The van der Waals surface area contributed by atoms with E-state index in [-0.39, 0.29) is 5.69 Å². The largest absolute Gasteiger partial charge is 0.347 e. The highest BCUT2D eigenvalue weighted by Gasteiger charge is 2.20. The Balaban J connectivity index is 1.63. The molecule has 38 heavy (non-hydrogen) atoms. The standard InChI is InChI=1S/C35H24N2O/c1-37-22-31(34(36-35(37)38)24-12-3-2-4-13-24)33-29-17-9-7-15-27(29)32(28-16-8-10-18-30(28)33)26-20-19-23-11-5-6-14-25(23)21-26/h2-22H,1H3. The Morgan fingerprint density at radius 2 is 1.11 bits per heavy atom. The van der Waals surface area contributed by atoms with Crippen molar-refractivity contribution in [1.82, 2.24) is 9.55 Å². The van der Waals surface area contributed by atoms with Gasteiger partial charge in [0.25, 0.3) is 0 Å². The van der Waals surface area contributed by atoms with E-state index < -0.39 is 0 Å². The number of aryl methyl sites for hydroxylation is 1. The van der Waals surface area contributed by atoms with Crippen LogP contribution in [0.3, 0.4) is 0 Å². The molecule has 0 bridgehead atoms. The lowest BCUT2D eigenvalue weighted by molar-refractivity contribution is 0.815. The molecule has 7 rings (SSSR count). The average Bonchev–Trinajstić information content (AvgIpc) is 2.97. The van der Waals surface area contributed by atoms with Gasteiger partial charge < -0.3 is 4.57 Å². The highest BCUT2D eigenvalue weighted by atomic mass is 16.1. The molecular formula is C35H24N2O. The third-order valence-corrected chi connectivity index (χ3v) is 7.37. The van der Waals surface area contributed by atoms with Crippen LogP contribution in [0.5, 0.6) is 0 Å². The number of rotatable bonds is 3. The van der Waals surface area contributed by atoms with Crippen molar-refractivity contribution in [2.24, 2.45) is 7.05 Å². The molecule has 0 aliphatic carbocycles. The fraction of sp³-hybridized carbons (Fsp3) is 0.0286. The predicted octanol–water partition coefficient (Wildman–Crippen LogP) is 8.24. The first-order chi connectivity index (χ1) is 18.7. The summed E-state index contributed by atoms with van der Waals surface area (Å²) in [5.74, 6) is 0. The highest BCUT2D eigenvalue weighted by Crippen LogP contribution is 2.45. The molecule has 0 atom stereocenters. The average molecular weight is 489 g/mol. The number of fused-ring (bicyclic) bond motifs is 3. The van der Waals surface area contributed by atoms with E-state index in [9.17, 15) is 4.79 Å². The molecule has 7 aromatic rings. The van der Waals surface area contributed by atoms with E-state index in [1.54, 1.807) is 11.6 Å². The van der Waals surface area contributed by atoms with Crippen molar-refractivity contribution in [3.05, 3.63) is 138 Å². The fourth-order valence-electron chi connectivity index (χ4n) is 5.62. The Labute approximate surface area is 220 Å². The van der Waals surface area contributed by atoms with Gasteiger partial charge in [0.2, 0.25) is 0 Å². The number of nitrogens with zero attached hydrogens (tertiary/aromatic N) is 2. The molecule has 3 heteroatoms. The number of hydrogen-bond acceptors (Lipinski definition) is 2. The van der Waals surface area contributed by atoms with E-state index >= 15 is 0 Å². The van der Waals surface area contributed by atoms with Crippen molar-refractivity contribution in [2.45, 2.75) is 0 Å². The first kappa shape index (κ1) is 22.2. The summed E-state index contributed by atoms with van der Waals surface area (Å²) in [5, 5.41) is 7.05. The normalized spacial score (nSPS) is 11.4. The van der Waals surface area contributed by atoms with Gasteiger partial charge in [-0.05, 0) is 49.5 Å². The maximum Gasteiger partial charge on any atom is 0.347 e. The van der Waals surface area contributed by atoms with E-state index in [0.717, 1.165) is 27.5 Å².